The van der Waals surface area contributed by atoms with Crippen molar-refractivity contribution in [3.63, 3.8) is 0 Å². The van der Waals surface area contributed by atoms with E-state index in [1.807, 2.05) is 19.1 Å². The third-order valence-corrected chi connectivity index (χ3v) is 6.68. The van der Waals surface area contributed by atoms with Gasteiger partial charge in [0.15, 0.2) is 11.6 Å². The van der Waals surface area contributed by atoms with Crippen molar-refractivity contribution in [1.29, 1.82) is 0 Å². The van der Waals surface area contributed by atoms with Crippen LogP contribution in [0.4, 0.5) is 13.2 Å². The highest BCUT2D eigenvalue weighted by Crippen LogP contribution is 2.40. The fraction of sp³-hybridized carbons (Fsp3) is 0.120. The van der Waals surface area contributed by atoms with Crippen molar-refractivity contribution in [3.8, 4) is 33.2 Å². The summed E-state index contributed by atoms with van der Waals surface area (Å²) < 4.78 is 44.4. The summed E-state index contributed by atoms with van der Waals surface area (Å²) in [6.45, 7) is 8.86. The molecule has 4 aromatic rings. The Labute approximate surface area is 198 Å². The molecular formula is C25H19ClF3N3S. The highest BCUT2D eigenvalue weighted by molar-refractivity contribution is 7.16. The van der Waals surface area contributed by atoms with Gasteiger partial charge in [-0.25, -0.2) is 14.1 Å². The number of thiophene rings is 1. The van der Waals surface area contributed by atoms with Crippen LogP contribution >= 0.6 is 22.9 Å². The average Bonchev–Trinajstić information content (AvgIpc) is 3.35. The molecule has 2 aromatic heterocycles. The number of nitrogens with zero attached hydrogens (tertiary/aromatic N) is 3. The standard InChI is InChI=1S/C25H19ClF3N3S/c1-5-15-8-7-9-19(26)22(15)23-30-24(32(4)31-23)17-13-21(33-14(17)3)18-12-16(10-11-20(18)27)25(28,29)6-2/h5-13H,1-2H2,3-4H3. The number of aryl methyl sites for hydroxylation is 2. The number of rotatable bonds is 6. The van der Waals surface area contributed by atoms with Crippen molar-refractivity contribution < 1.29 is 13.2 Å². The zero-order chi connectivity index (χ0) is 23.9. The van der Waals surface area contributed by atoms with Crippen molar-refractivity contribution >= 4 is 29.0 Å². The lowest BCUT2D eigenvalue weighted by molar-refractivity contribution is 0.0525. The van der Waals surface area contributed by atoms with Gasteiger partial charge >= 0.3 is 0 Å². The molecule has 0 saturated carbocycles. The zero-order valence-corrected chi connectivity index (χ0v) is 19.4. The van der Waals surface area contributed by atoms with Crippen LogP contribution in [0.2, 0.25) is 5.02 Å². The Kier molecular flexibility index (Phi) is 6.03. The van der Waals surface area contributed by atoms with Gasteiger partial charge in [-0.1, -0.05) is 43.0 Å². The van der Waals surface area contributed by atoms with Crippen LogP contribution in [0.15, 0.2) is 61.7 Å². The molecule has 0 aliphatic heterocycles. The lowest BCUT2D eigenvalue weighted by Crippen LogP contribution is -2.09. The van der Waals surface area contributed by atoms with E-state index in [4.69, 9.17) is 11.6 Å². The highest BCUT2D eigenvalue weighted by Gasteiger charge is 2.28. The monoisotopic (exact) mass is 485 g/mol. The van der Waals surface area contributed by atoms with E-state index in [-0.39, 0.29) is 11.1 Å². The van der Waals surface area contributed by atoms with Crippen molar-refractivity contribution in [1.82, 2.24) is 14.8 Å². The number of benzene rings is 2. The quantitative estimate of drug-likeness (QED) is 0.260. The summed E-state index contributed by atoms with van der Waals surface area (Å²) in [6.07, 6.45) is 2.22. The second-order valence-electron chi connectivity index (χ2n) is 7.39. The Morgan fingerprint density at radius 2 is 1.88 bits per heavy atom. The van der Waals surface area contributed by atoms with E-state index in [9.17, 15) is 13.2 Å². The van der Waals surface area contributed by atoms with Gasteiger partial charge in [0.2, 0.25) is 0 Å². The first-order chi connectivity index (χ1) is 15.7. The van der Waals surface area contributed by atoms with E-state index >= 15 is 0 Å². The van der Waals surface area contributed by atoms with E-state index < -0.39 is 11.7 Å². The van der Waals surface area contributed by atoms with E-state index in [0.29, 0.717) is 33.2 Å². The molecule has 2 heterocycles. The molecule has 2 aromatic carbocycles. The molecule has 3 nitrogen and oxygen atoms in total. The SMILES string of the molecule is C=Cc1cccc(Cl)c1-c1nc(-c2cc(-c3cc(C(F)(F)C=C)ccc3F)sc2C)n(C)n1. The molecule has 4 rings (SSSR count). The average molecular weight is 486 g/mol. The Morgan fingerprint density at radius 1 is 1.12 bits per heavy atom. The third-order valence-electron chi connectivity index (χ3n) is 5.28. The number of hydrogen-bond acceptors (Lipinski definition) is 3. The molecular weight excluding hydrogens is 467 g/mol. The van der Waals surface area contributed by atoms with Crippen LogP contribution in [0.1, 0.15) is 16.0 Å². The molecule has 0 amide bonds. The second-order valence-corrected chi connectivity index (χ2v) is 9.06. The van der Waals surface area contributed by atoms with Crippen LogP contribution in [-0.4, -0.2) is 14.8 Å². The molecule has 0 unspecified atom stereocenters. The van der Waals surface area contributed by atoms with Crippen LogP contribution in [0.3, 0.4) is 0 Å². The van der Waals surface area contributed by atoms with Gasteiger partial charge in [0.05, 0.1) is 5.02 Å². The molecule has 0 atom stereocenters. The Balaban J connectivity index is 1.81. The highest BCUT2D eigenvalue weighted by atomic mass is 35.5. The van der Waals surface area contributed by atoms with Crippen molar-refractivity contribution in [2.75, 3.05) is 0 Å². The van der Waals surface area contributed by atoms with Gasteiger partial charge in [0, 0.05) is 39.1 Å². The molecule has 33 heavy (non-hydrogen) atoms. The van der Waals surface area contributed by atoms with Gasteiger partial charge in [0.1, 0.15) is 5.82 Å². The van der Waals surface area contributed by atoms with Crippen LogP contribution < -0.4 is 0 Å². The van der Waals surface area contributed by atoms with E-state index in [0.717, 1.165) is 34.2 Å². The minimum atomic E-state index is -3.26. The lowest BCUT2D eigenvalue weighted by Gasteiger charge is -2.13. The van der Waals surface area contributed by atoms with Gasteiger partial charge in [0.25, 0.3) is 5.92 Å². The Morgan fingerprint density at radius 3 is 2.58 bits per heavy atom. The van der Waals surface area contributed by atoms with Crippen LogP contribution in [-0.2, 0) is 13.0 Å². The summed E-state index contributed by atoms with van der Waals surface area (Å²) in [7, 11) is 1.75. The summed E-state index contributed by atoms with van der Waals surface area (Å²) in [5.41, 5.74) is 1.96. The predicted molar refractivity (Wildman–Crippen MR) is 129 cm³/mol. The van der Waals surface area contributed by atoms with Crippen molar-refractivity contribution in [2.45, 2.75) is 12.8 Å². The third kappa shape index (κ3) is 4.14. The molecule has 0 spiro atoms. The summed E-state index contributed by atoms with van der Waals surface area (Å²) in [5.74, 6) is -2.86. The summed E-state index contributed by atoms with van der Waals surface area (Å²) in [4.78, 5) is 6.03. The van der Waals surface area contributed by atoms with E-state index in [2.05, 4.69) is 23.2 Å². The van der Waals surface area contributed by atoms with Gasteiger partial charge in [-0.2, -0.15) is 13.9 Å². The largest absolute Gasteiger partial charge is 0.291 e. The maximum atomic E-state index is 14.6. The maximum Gasteiger partial charge on any atom is 0.291 e. The van der Waals surface area contributed by atoms with Crippen LogP contribution in [0, 0.1) is 12.7 Å². The molecule has 8 heteroatoms. The predicted octanol–water partition coefficient (Wildman–Crippen LogP) is 7.90. The first-order valence-electron chi connectivity index (χ1n) is 9.91. The fourth-order valence-corrected chi connectivity index (χ4v) is 4.85. The molecule has 168 valence electrons. The summed E-state index contributed by atoms with van der Waals surface area (Å²) in [5, 5.41) is 5.01. The second kappa shape index (κ2) is 8.65. The minimum absolute atomic E-state index is 0.0933. The first kappa shape index (κ1) is 23.0. The van der Waals surface area contributed by atoms with Crippen molar-refractivity contribution in [2.24, 2.45) is 7.05 Å². The van der Waals surface area contributed by atoms with Gasteiger partial charge < -0.3 is 0 Å². The Hall–Kier alpha value is -3.16. The minimum Gasteiger partial charge on any atom is -0.248 e. The number of aromatic nitrogens is 3. The van der Waals surface area contributed by atoms with Gasteiger partial charge in [-0.15, -0.1) is 11.3 Å². The zero-order valence-electron chi connectivity index (χ0n) is 17.9. The summed E-state index contributed by atoms with van der Waals surface area (Å²) in [6, 6.07) is 10.5. The molecule has 0 fully saturated rings. The van der Waals surface area contributed by atoms with Gasteiger partial charge in [-0.3, -0.25) is 0 Å². The van der Waals surface area contributed by atoms with Crippen LogP contribution in [0.25, 0.3) is 39.3 Å². The fourth-order valence-electron chi connectivity index (χ4n) is 3.55. The smallest absolute Gasteiger partial charge is 0.248 e. The lowest BCUT2D eigenvalue weighted by atomic mass is 10.0. The number of hydrogen-bond donors (Lipinski definition) is 0. The normalized spacial score (nSPS) is 11.6. The Bertz CT molecular complexity index is 1390. The number of halogens is 4. The molecule has 0 saturated heterocycles. The van der Waals surface area contributed by atoms with E-state index in [1.54, 1.807) is 29.9 Å². The molecule has 0 aliphatic carbocycles. The molecule has 0 N–H and O–H groups in total. The van der Waals surface area contributed by atoms with Crippen molar-refractivity contribution in [3.05, 3.63) is 88.5 Å². The van der Waals surface area contributed by atoms with Gasteiger partial charge in [-0.05, 0) is 48.9 Å². The molecule has 0 aliphatic rings. The van der Waals surface area contributed by atoms with E-state index in [1.165, 1.54) is 11.3 Å². The topological polar surface area (TPSA) is 30.7 Å². The van der Waals surface area contributed by atoms with Crippen LogP contribution in [0.5, 0.6) is 0 Å². The number of allylic oxidation sites excluding steroid dienone is 1. The maximum absolute atomic E-state index is 14.6. The first-order valence-corrected chi connectivity index (χ1v) is 11.1. The molecule has 0 radical (unpaired) electrons. The number of alkyl halides is 2. The summed E-state index contributed by atoms with van der Waals surface area (Å²) >= 11 is 7.70. The molecule has 0 bridgehead atoms.